The van der Waals surface area contributed by atoms with Gasteiger partial charge >= 0.3 is 0 Å². The van der Waals surface area contributed by atoms with Crippen molar-refractivity contribution in [3.63, 3.8) is 0 Å². The van der Waals surface area contributed by atoms with Gasteiger partial charge in [-0.1, -0.05) is 75.9 Å². The number of allylic oxidation sites excluding steroid dienone is 1. The van der Waals surface area contributed by atoms with E-state index >= 15 is 0 Å². The van der Waals surface area contributed by atoms with E-state index in [1.165, 1.54) is 80.1 Å². The molecule has 0 saturated carbocycles. The van der Waals surface area contributed by atoms with Gasteiger partial charge in [0.1, 0.15) is 12.1 Å². The van der Waals surface area contributed by atoms with Crippen molar-refractivity contribution in [3.05, 3.63) is 111 Å². The average molecular weight is 684 g/mol. The highest BCUT2D eigenvalue weighted by Crippen LogP contribution is 2.27. The van der Waals surface area contributed by atoms with Crippen molar-refractivity contribution in [2.75, 3.05) is 26.2 Å². The molecule has 2 aliphatic rings. The zero-order valence-electron chi connectivity index (χ0n) is 32.1. The standard InChI is InChI=1S/C16H24N2.C12H14FN.C9H10O.C7H14O/c1-4-13(2)12-18-10-8-15(9-11-18)16-7-5-6-14(3)17-16;1-3-9(2)6-11-5-4-10(8-14)7-12(11)13;1-7-3-4-9(6-10)5-8(7)2;1-2-3-4-7-5-6-8-7/h4-7,15H,8-12H2,1-3H3;4-5,7,9H,3,6H2,1-2H3;3-6H,1-2H3;7H,2-6H2,1H3. The van der Waals surface area contributed by atoms with E-state index in [-0.39, 0.29) is 5.82 Å². The minimum atomic E-state index is -0.260. The van der Waals surface area contributed by atoms with E-state index in [9.17, 15) is 9.18 Å². The molecule has 0 aliphatic carbocycles. The molecule has 2 unspecified atom stereocenters. The van der Waals surface area contributed by atoms with E-state index in [1.807, 2.05) is 38.1 Å². The quantitative estimate of drug-likeness (QED) is 0.157. The average Bonchev–Trinajstić information content (AvgIpc) is 3.10. The first-order valence-corrected chi connectivity index (χ1v) is 18.6. The maximum Gasteiger partial charge on any atom is 0.150 e. The Bertz CT molecular complexity index is 1500. The number of carbonyl (C=O) groups is 1. The molecule has 0 bridgehead atoms. The van der Waals surface area contributed by atoms with Crippen molar-refractivity contribution < 1.29 is 13.9 Å². The molecule has 50 heavy (non-hydrogen) atoms. The summed E-state index contributed by atoms with van der Waals surface area (Å²) in [6.07, 6.45) is 13.2. The fourth-order valence-electron chi connectivity index (χ4n) is 5.71. The third-order valence-electron chi connectivity index (χ3n) is 9.67. The summed E-state index contributed by atoms with van der Waals surface area (Å²) in [5.74, 6) is 0.883. The summed E-state index contributed by atoms with van der Waals surface area (Å²) in [5, 5.41) is 8.56. The van der Waals surface area contributed by atoms with Crippen molar-refractivity contribution >= 4 is 6.29 Å². The molecule has 0 spiro atoms. The smallest absolute Gasteiger partial charge is 0.150 e. The molecule has 3 heterocycles. The molecule has 0 N–H and O–H groups in total. The number of rotatable bonds is 10. The van der Waals surface area contributed by atoms with Gasteiger partial charge in [-0.05, 0) is 133 Å². The van der Waals surface area contributed by atoms with Crippen LogP contribution >= 0.6 is 0 Å². The summed E-state index contributed by atoms with van der Waals surface area (Å²) in [6.45, 7) is 21.4. The van der Waals surface area contributed by atoms with Crippen LogP contribution in [-0.4, -0.2) is 48.5 Å². The van der Waals surface area contributed by atoms with E-state index in [4.69, 9.17) is 10.00 Å². The Morgan fingerprint density at radius 3 is 2.30 bits per heavy atom. The van der Waals surface area contributed by atoms with Crippen LogP contribution in [0.15, 0.2) is 66.2 Å². The molecule has 2 aliphatic heterocycles. The summed E-state index contributed by atoms with van der Waals surface area (Å²) in [6, 6.07) is 18.7. The van der Waals surface area contributed by atoms with Gasteiger partial charge in [-0.2, -0.15) is 5.26 Å². The first kappa shape index (κ1) is 42.5. The number of nitriles is 1. The largest absolute Gasteiger partial charge is 0.378 e. The van der Waals surface area contributed by atoms with Gasteiger partial charge in [0.25, 0.3) is 0 Å². The number of pyridine rings is 1. The second-order valence-corrected chi connectivity index (χ2v) is 13.9. The monoisotopic (exact) mass is 683 g/mol. The molecule has 1 aromatic heterocycles. The van der Waals surface area contributed by atoms with Crippen LogP contribution in [0, 0.1) is 43.8 Å². The van der Waals surface area contributed by atoms with E-state index in [0.717, 1.165) is 43.5 Å². The van der Waals surface area contributed by atoms with Crippen LogP contribution in [0.25, 0.3) is 0 Å². The highest BCUT2D eigenvalue weighted by Gasteiger charge is 2.21. The molecule has 0 radical (unpaired) electrons. The summed E-state index contributed by atoms with van der Waals surface area (Å²) < 4.78 is 18.6. The number of halogens is 1. The maximum atomic E-state index is 13.4. The summed E-state index contributed by atoms with van der Waals surface area (Å²) in [4.78, 5) is 17.5. The van der Waals surface area contributed by atoms with Crippen LogP contribution < -0.4 is 0 Å². The molecule has 2 fully saturated rings. The lowest BCUT2D eigenvalue weighted by atomic mass is 9.92. The van der Waals surface area contributed by atoms with Crippen molar-refractivity contribution in [1.29, 1.82) is 5.26 Å². The Morgan fingerprint density at radius 1 is 1.06 bits per heavy atom. The van der Waals surface area contributed by atoms with Gasteiger partial charge in [0.05, 0.1) is 17.7 Å². The second kappa shape index (κ2) is 23.7. The Morgan fingerprint density at radius 2 is 1.78 bits per heavy atom. The van der Waals surface area contributed by atoms with Crippen LogP contribution in [0.1, 0.15) is 129 Å². The first-order chi connectivity index (χ1) is 24.0. The topological polar surface area (TPSA) is 66.2 Å². The van der Waals surface area contributed by atoms with Crippen molar-refractivity contribution in [2.45, 2.75) is 119 Å². The molecule has 5 rings (SSSR count). The molecule has 2 aromatic carbocycles. The number of benzene rings is 2. The lowest BCUT2D eigenvalue weighted by Gasteiger charge is -2.32. The molecule has 5 nitrogen and oxygen atoms in total. The number of aldehydes is 1. The van der Waals surface area contributed by atoms with E-state index < -0.39 is 0 Å². The van der Waals surface area contributed by atoms with Gasteiger partial charge in [0, 0.05) is 36.0 Å². The van der Waals surface area contributed by atoms with Gasteiger partial charge in [-0.25, -0.2) is 4.39 Å². The van der Waals surface area contributed by atoms with Gasteiger partial charge < -0.3 is 4.74 Å². The van der Waals surface area contributed by atoms with Gasteiger partial charge in [-0.3, -0.25) is 14.7 Å². The van der Waals surface area contributed by atoms with Crippen molar-refractivity contribution in [2.24, 2.45) is 5.92 Å². The number of unbranched alkanes of at least 4 members (excludes halogenated alkanes) is 1. The molecule has 272 valence electrons. The summed E-state index contributed by atoms with van der Waals surface area (Å²) in [5.41, 5.74) is 8.14. The number of hydrogen-bond donors (Lipinski definition) is 0. The first-order valence-electron chi connectivity index (χ1n) is 18.6. The Balaban J connectivity index is 0.000000242. The second-order valence-electron chi connectivity index (χ2n) is 13.9. The zero-order valence-corrected chi connectivity index (χ0v) is 32.1. The van der Waals surface area contributed by atoms with Crippen LogP contribution in [0.2, 0.25) is 0 Å². The highest BCUT2D eigenvalue weighted by molar-refractivity contribution is 5.75. The molecule has 0 amide bonds. The SMILES string of the molecule is CC=C(C)CN1CCC(c2cccc(C)n2)CC1.CCC(C)Cc1ccc(C#N)cc1F.CCCCC1CCO1.Cc1ccc(C=O)cc1C. The number of ether oxygens (including phenoxy) is 1. The van der Waals surface area contributed by atoms with E-state index in [0.29, 0.717) is 29.1 Å². The predicted molar refractivity (Wildman–Crippen MR) is 206 cm³/mol. The van der Waals surface area contributed by atoms with Crippen LogP contribution in [0.4, 0.5) is 4.39 Å². The molecule has 6 heteroatoms. The lowest BCUT2D eigenvalue weighted by Crippen LogP contribution is -2.34. The Kier molecular flexibility index (Phi) is 20.1. The molecule has 2 atom stereocenters. The van der Waals surface area contributed by atoms with Crippen LogP contribution in [0.5, 0.6) is 0 Å². The Labute approximate surface area is 303 Å². The van der Waals surface area contributed by atoms with Crippen LogP contribution in [0.3, 0.4) is 0 Å². The number of aryl methyl sites for hydroxylation is 3. The fourth-order valence-corrected chi connectivity index (χ4v) is 5.71. The van der Waals surface area contributed by atoms with Crippen molar-refractivity contribution in [3.8, 4) is 6.07 Å². The normalized spacial score (nSPS) is 16.6. The predicted octanol–water partition coefficient (Wildman–Crippen LogP) is 10.9. The van der Waals surface area contributed by atoms with E-state index in [2.05, 4.69) is 75.7 Å². The number of nitrogens with zero attached hydrogens (tertiary/aromatic N) is 3. The Hall–Kier alpha value is -3.66. The number of carbonyl (C=O) groups excluding carboxylic acids is 1. The lowest BCUT2D eigenvalue weighted by molar-refractivity contribution is -0.0553. The summed E-state index contributed by atoms with van der Waals surface area (Å²) >= 11 is 0. The third kappa shape index (κ3) is 15.9. The number of likely N-dealkylation sites (tertiary alicyclic amines) is 1. The minimum absolute atomic E-state index is 0.260. The maximum absolute atomic E-state index is 13.4. The number of piperidine rings is 1. The highest BCUT2D eigenvalue weighted by atomic mass is 19.1. The van der Waals surface area contributed by atoms with Gasteiger partial charge in [-0.15, -0.1) is 0 Å². The van der Waals surface area contributed by atoms with Crippen molar-refractivity contribution in [1.82, 2.24) is 9.88 Å². The number of aromatic nitrogens is 1. The molecular weight excluding hydrogens is 622 g/mol. The summed E-state index contributed by atoms with van der Waals surface area (Å²) in [7, 11) is 0. The van der Waals surface area contributed by atoms with Gasteiger partial charge in [0.2, 0.25) is 0 Å². The van der Waals surface area contributed by atoms with Gasteiger partial charge in [0.15, 0.2) is 0 Å². The number of hydrogen-bond acceptors (Lipinski definition) is 5. The molecular formula is C44H62FN3O2. The van der Waals surface area contributed by atoms with Crippen LogP contribution in [-0.2, 0) is 11.2 Å². The molecule has 2 saturated heterocycles. The zero-order chi connectivity index (χ0) is 36.9. The minimum Gasteiger partial charge on any atom is -0.378 e. The fraction of sp³-hybridized carbons (Fsp3) is 0.523. The third-order valence-corrected chi connectivity index (χ3v) is 9.67. The molecule has 3 aromatic rings. The van der Waals surface area contributed by atoms with E-state index in [1.54, 1.807) is 12.1 Å².